The van der Waals surface area contributed by atoms with Crippen LogP contribution in [-0.2, 0) is 13.0 Å². The first-order valence-electron chi connectivity index (χ1n) is 7.46. The molecule has 96 valence electrons. The average molecular weight is 242 g/mol. The molecule has 0 bridgehead atoms. The van der Waals surface area contributed by atoms with E-state index in [1.807, 2.05) is 0 Å². The fourth-order valence-corrected chi connectivity index (χ4v) is 4.16. The Morgan fingerprint density at radius 2 is 2.00 bits per heavy atom. The molecule has 1 aromatic rings. The number of fused-ring (bicyclic) bond motifs is 2. The molecule has 3 aliphatic rings. The first-order valence-corrected chi connectivity index (χ1v) is 7.46. The molecule has 2 heterocycles. The molecule has 0 spiro atoms. The molecule has 2 aliphatic heterocycles. The second kappa shape index (κ2) is 4.27. The molecule has 2 heteroatoms. The summed E-state index contributed by atoms with van der Waals surface area (Å²) in [6.45, 7) is 4.96. The lowest BCUT2D eigenvalue weighted by Crippen LogP contribution is -2.21. The Labute approximate surface area is 109 Å². The van der Waals surface area contributed by atoms with Crippen molar-refractivity contribution in [3.8, 4) is 0 Å². The highest BCUT2D eigenvalue weighted by Crippen LogP contribution is 2.38. The Bertz CT molecular complexity index is 442. The molecule has 18 heavy (non-hydrogen) atoms. The topological polar surface area (TPSA) is 15.3 Å². The summed E-state index contributed by atoms with van der Waals surface area (Å²) in [5.74, 6) is 2.02. The van der Waals surface area contributed by atoms with Gasteiger partial charge in [-0.25, -0.2) is 0 Å². The molecule has 1 N–H and O–H groups in total. The molecule has 4 rings (SSSR count). The number of rotatable bonds is 2. The van der Waals surface area contributed by atoms with Crippen molar-refractivity contribution in [3.05, 3.63) is 29.3 Å². The lowest BCUT2D eigenvalue weighted by Gasteiger charge is -2.17. The Hall–Kier alpha value is -1.02. The zero-order chi connectivity index (χ0) is 11.9. The summed E-state index contributed by atoms with van der Waals surface area (Å²) in [6.07, 6.45) is 5.63. The molecule has 2 nitrogen and oxygen atoms in total. The van der Waals surface area contributed by atoms with Crippen LogP contribution in [0.2, 0.25) is 0 Å². The van der Waals surface area contributed by atoms with E-state index in [1.54, 1.807) is 0 Å². The highest BCUT2D eigenvalue weighted by Gasteiger charge is 2.35. The highest BCUT2D eigenvalue weighted by atomic mass is 15.2. The van der Waals surface area contributed by atoms with E-state index in [4.69, 9.17) is 0 Å². The van der Waals surface area contributed by atoms with E-state index in [-0.39, 0.29) is 0 Å². The van der Waals surface area contributed by atoms with Crippen LogP contribution in [0.15, 0.2) is 18.2 Å². The minimum absolute atomic E-state index is 1.01. The second-order valence-electron chi connectivity index (χ2n) is 6.31. The van der Waals surface area contributed by atoms with Crippen LogP contribution in [0.1, 0.15) is 30.4 Å². The van der Waals surface area contributed by atoms with Crippen molar-refractivity contribution in [1.82, 2.24) is 4.90 Å². The molecule has 1 aliphatic carbocycles. The predicted molar refractivity (Wildman–Crippen MR) is 74.7 cm³/mol. The van der Waals surface area contributed by atoms with Gasteiger partial charge in [-0.1, -0.05) is 18.6 Å². The van der Waals surface area contributed by atoms with Crippen molar-refractivity contribution < 1.29 is 0 Å². The first-order chi connectivity index (χ1) is 8.88. The van der Waals surface area contributed by atoms with E-state index >= 15 is 0 Å². The number of hydrogen-bond acceptors (Lipinski definition) is 2. The van der Waals surface area contributed by atoms with E-state index in [9.17, 15) is 0 Å². The predicted octanol–water partition coefficient (Wildman–Crippen LogP) is 2.89. The second-order valence-corrected chi connectivity index (χ2v) is 6.31. The maximum absolute atomic E-state index is 3.49. The fraction of sp³-hybridized carbons (Fsp3) is 0.625. The molecular weight excluding hydrogens is 220 g/mol. The normalized spacial score (nSPS) is 30.2. The van der Waals surface area contributed by atoms with Crippen LogP contribution in [0.5, 0.6) is 0 Å². The maximum atomic E-state index is 3.49. The first kappa shape index (κ1) is 10.9. The molecule has 2 unspecified atom stereocenters. The molecule has 0 radical (unpaired) electrons. The van der Waals surface area contributed by atoms with Crippen LogP contribution in [0.25, 0.3) is 0 Å². The summed E-state index contributed by atoms with van der Waals surface area (Å²) in [7, 11) is 0. The minimum Gasteiger partial charge on any atom is -0.384 e. The number of nitrogens with zero attached hydrogens (tertiary/aromatic N) is 1. The summed E-state index contributed by atoms with van der Waals surface area (Å²) in [4.78, 5) is 2.67. The van der Waals surface area contributed by atoms with Crippen LogP contribution in [-0.4, -0.2) is 24.5 Å². The van der Waals surface area contributed by atoms with Gasteiger partial charge < -0.3 is 5.32 Å². The molecule has 2 fully saturated rings. The highest BCUT2D eigenvalue weighted by molar-refractivity contribution is 5.57. The Balaban J connectivity index is 1.46. The summed E-state index contributed by atoms with van der Waals surface area (Å²) in [6, 6.07) is 7.03. The van der Waals surface area contributed by atoms with Gasteiger partial charge in [0.15, 0.2) is 0 Å². The third-order valence-electron chi connectivity index (χ3n) is 5.09. The summed E-state index contributed by atoms with van der Waals surface area (Å²) < 4.78 is 0. The molecular formula is C16H22N2. The van der Waals surface area contributed by atoms with Gasteiger partial charge in [-0.05, 0) is 48.3 Å². The molecule has 0 amide bonds. The smallest absolute Gasteiger partial charge is 0.0376 e. The van der Waals surface area contributed by atoms with Gasteiger partial charge in [0.25, 0.3) is 0 Å². The van der Waals surface area contributed by atoms with Crippen molar-refractivity contribution >= 4 is 5.69 Å². The van der Waals surface area contributed by atoms with Gasteiger partial charge in [0.2, 0.25) is 0 Å². The van der Waals surface area contributed by atoms with Gasteiger partial charge >= 0.3 is 0 Å². The maximum Gasteiger partial charge on any atom is 0.0376 e. The molecule has 2 atom stereocenters. The van der Waals surface area contributed by atoms with Crippen LogP contribution in [0, 0.1) is 11.8 Å². The third-order valence-corrected chi connectivity index (χ3v) is 5.09. The quantitative estimate of drug-likeness (QED) is 0.858. The average Bonchev–Trinajstić information content (AvgIpc) is 3.02. The van der Waals surface area contributed by atoms with Crippen molar-refractivity contribution in [2.75, 3.05) is 25.0 Å². The summed E-state index contributed by atoms with van der Waals surface area (Å²) in [5.41, 5.74) is 4.37. The monoisotopic (exact) mass is 242 g/mol. The Morgan fingerprint density at radius 3 is 2.83 bits per heavy atom. The number of benzene rings is 1. The Morgan fingerprint density at radius 1 is 1.17 bits per heavy atom. The van der Waals surface area contributed by atoms with Crippen molar-refractivity contribution in [1.29, 1.82) is 0 Å². The van der Waals surface area contributed by atoms with Crippen LogP contribution >= 0.6 is 0 Å². The Kier molecular flexibility index (Phi) is 2.58. The largest absolute Gasteiger partial charge is 0.384 e. The van der Waals surface area contributed by atoms with E-state index in [0.29, 0.717) is 0 Å². The van der Waals surface area contributed by atoms with Crippen molar-refractivity contribution in [2.45, 2.75) is 32.2 Å². The summed E-state index contributed by atoms with van der Waals surface area (Å²) in [5, 5.41) is 3.49. The van der Waals surface area contributed by atoms with Gasteiger partial charge in [-0.3, -0.25) is 4.90 Å². The minimum atomic E-state index is 1.01. The van der Waals surface area contributed by atoms with Gasteiger partial charge in [-0.2, -0.15) is 0 Å². The van der Waals surface area contributed by atoms with Gasteiger partial charge in [0.1, 0.15) is 0 Å². The zero-order valence-corrected chi connectivity index (χ0v) is 11.0. The van der Waals surface area contributed by atoms with E-state index < -0.39 is 0 Å². The third kappa shape index (κ3) is 1.83. The molecule has 1 saturated heterocycles. The van der Waals surface area contributed by atoms with Crippen molar-refractivity contribution in [2.24, 2.45) is 11.8 Å². The molecule has 1 aromatic carbocycles. The summed E-state index contributed by atoms with van der Waals surface area (Å²) >= 11 is 0. The van der Waals surface area contributed by atoms with Gasteiger partial charge in [0.05, 0.1) is 0 Å². The zero-order valence-electron chi connectivity index (χ0n) is 11.0. The van der Waals surface area contributed by atoms with Gasteiger partial charge in [0, 0.05) is 31.9 Å². The number of nitrogens with one attached hydrogen (secondary N) is 1. The SMILES string of the molecule is c1cc2c(cc1CN1CC3CCCC3C1)NCC2. The van der Waals surface area contributed by atoms with Crippen LogP contribution < -0.4 is 5.32 Å². The van der Waals surface area contributed by atoms with E-state index in [2.05, 4.69) is 28.4 Å². The lowest BCUT2D eigenvalue weighted by molar-refractivity contribution is 0.303. The molecule has 1 saturated carbocycles. The standard InChI is InChI=1S/C16H22N2/c1-2-14-10-18(11-15(14)3-1)9-12-4-5-13-6-7-17-16(13)8-12/h4-5,8,14-15,17H,1-3,6-7,9-11H2. The lowest BCUT2D eigenvalue weighted by atomic mass is 10.0. The number of likely N-dealkylation sites (tertiary alicyclic amines) is 1. The van der Waals surface area contributed by atoms with Crippen LogP contribution in [0.3, 0.4) is 0 Å². The molecule has 0 aromatic heterocycles. The van der Waals surface area contributed by atoms with E-state index in [0.717, 1.165) is 24.9 Å². The van der Waals surface area contributed by atoms with Gasteiger partial charge in [-0.15, -0.1) is 0 Å². The van der Waals surface area contributed by atoms with E-state index in [1.165, 1.54) is 55.6 Å². The van der Waals surface area contributed by atoms with Crippen molar-refractivity contribution in [3.63, 3.8) is 0 Å². The van der Waals surface area contributed by atoms with Crippen LogP contribution in [0.4, 0.5) is 5.69 Å². The number of anilines is 1. The number of hydrogen-bond donors (Lipinski definition) is 1. The fourth-order valence-electron chi connectivity index (χ4n) is 4.16.